The molecule has 1 aliphatic heterocycles. The lowest BCUT2D eigenvalue weighted by Gasteiger charge is -2.36. The van der Waals surface area contributed by atoms with Crippen LogP contribution in [0, 0.1) is 0 Å². The van der Waals surface area contributed by atoms with Crippen LogP contribution in [-0.4, -0.2) is 64.7 Å². The van der Waals surface area contributed by atoms with E-state index in [1.54, 1.807) is 0 Å². The highest BCUT2D eigenvalue weighted by molar-refractivity contribution is 5.78. The number of ether oxygens (including phenoxy) is 2. The van der Waals surface area contributed by atoms with E-state index in [9.17, 15) is 0 Å². The number of imidazole rings is 1. The van der Waals surface area contributed by atoms with E-state index in [1.165, 1.54) is 0 Å². The fourth-order valence-corrected chi connectivity index (χ4v) is 3.47. The largest absolute Gasteiger partial charge is 0.394 e. The van der Waals surface area contributed by atoms with E-state index < -0.39 is 0 Å². The molecule has 1 aliphatic rings. The van der Waals surface area contributed by atoms with Gasteiger partial charge in [-0.25, -0.2) is 4.98 Å². The number of aliphatic hydroxyl groups is 1. The molecule has 1 saturated heterocycles. The van der Waals surface area contributed by atoms with E-state index in [0.717, 1.165) is 49.5 Å². The molecule has 26 heavy (non-hydrogen) atoms. The Balaban J connectivity index is 1.66. The summed E-state index contributed by atoms with van der Waals surface area (Å²) in [6, 6.07) is 8.43. The molecule has 2 N–H and O–H groups in total. The Morgan fingerprint density at radius 1 is 1.31 bits per heavy atom. The molecule has 0 radical (unpaired) electrons. The lowest BCUT2D eigenvalue weighted by molar-refractivity contribution is -0.0508. The van der Waals surface area contributed by atoms with Gasteiger partial charge >= 0.3 is 0 Å². The third kappa shape index (κ3) is 4.54. The number of aromatic nitrogens is 2. The van der Waals surface area contributed by atoms with Gasteiger partial charge in [-0.2, -0.15) is 0 Å². The topological polar surface area (TPSA) is 71.8 Å². The summed E-state index contributed by atoms with van der Waals surface area (Å²) in [6.45, 7) is 7.65. The second-order valence-electron chi connectivity index (χ2n) is 6.62. The molecule has 0 spiro atoms. The van der Waals surface area contributed by atoms with Gasteiger partial charge in [0.1, 0.15) is 13.0 Å². The summed E-state index contributed by atoms with van der Waals surface area (Å²) in [5.41, 5.74) is 1.99. The fraction of sp³-hybridized carbons (Fsp3) is 0.632. The van der Waals surface area contributed by atoms with Crippen molar-refractivity contribution in [3.05, 3.63) is 24.3 Å². The van der Waals surface area contributed by atoms with Crippen molar-refractivity contribution in [3.63, 3.8) is 0 Å². The van der Waals surface area contributed by atoms with Crippen molar-refractivity contribution in [3.8, 4) is 0 Å². The van der Waals surface area contributed by atoms with E-state index >= 15 is 0 Å². The number of aliphatic hydroxyl groups excluding tert-OH is 1. The molecular formula is C19H30N4O3. The van der Waals surface area contributed by atoms with E-state index in [-0.39, 0.29) is 12.8 Å². The first-order valence-electron chi connectivity index (χ1n) is 9.49. The minimum atomic E-state index is 0.0197. The van der Waals surface area contributed by atoms with Crippen molar-refractivity contribution in [1.29, 1.82) is 0 Å². The van der Waals surface area contributed by atoms with E-state index in [4.69, 9.17) is 19.6 Å². The van der Waals surface area contributed by atoms with E-state index in [1.807, 2.05) is 35.8 Å². The van der Waals surface area contributed by atoms with E-state index in [0.29, 0.717) is 19.4 Å². The number of anilines is 1. The Labute approximate surface area is 154 Å². The van der Waals surface area contributed by atoms with E-state index in [2.05, 4.69) is 17.1 Å². The molecule has 144 valence electrons. The van der Waals surface area contributed by atoms with Crippen LogP contribution >= 0.6 is 0 Å². The van der Waals surface area contributed by atoms with Crippen molar-refractivity contribution < 1.29 is 14.6 Å². The third-order valence-electron chi connectivity index (χ3n) is 4.90. The summed E-state index contributed by atoms with van der Waals surface area (Å²) in [6.07, 6.45) is 2.29. The summed E-state index contributed by atoms with van der Waals surface area (Å²) in [7, 11) is 0. The average molecular weight is 362 g/mol. The van der Waals surface area contributed by atoms with Gasteiger partial charge in [0.25, 0.3) is 0 Å². The number of nitrogens with zero attached hydrogens (tertiary/aromatic N) is 3. The van der Waals surface area contributed by atoms with Gasteiger partial charge < -0.3 is 19.9 Å². The van der Waals surface area contributed by atoms with Crippen molar-refractivity contribution in [1.82, 2.24) is 14.5 Å². The number of benzene rings is 1. The number of piperidine rings is 1. The highest BCUT2D eigenvalue weighted by atomic mass is 16.5. The van der Waals surface area contributed by atoms with Crippen LogP contribution in [0.3, 0.4) is 0 Å². The zero-order chi connectivity index (χ0) is 18.4. The van der Waals surface area contributed by atoms with Crippen LogP contribution in [0.25, 0.3) is 11.0 Å². The van der Waals surface area contributed by atoms with Gasteiger partial charge in [0.05, 0.1) is 24.2 Å². The molecule has 2 aromatic rings. The monoisotopic (exact) mass is 362 g/mol. The Hall–Kier alpha value is -1.67. The number of hydrogen-bond acceptors (Lipinski definition) is 6. The Kier molecular flexibility index (Phi) is 6.85. The molecule has 2 heterocycles. The van der Waals surface area contributed by atoms with Crippen LogP contribution in [0.15, 0.2) is 24.3 Å². The minimum absolute atomic E-state index is 0.0197. The number of likely N-dealkylation sites (tertiary alicyclic amines) is 1. The number of hydrogen-bond donors (Lipinski definition) is 2. The number of fused-ring (bicyclic) bond motifs is 1. The smallest absolute Gasteiger partial charge is 0.206 e. The van der Waals surface area contributed by atoms with Crippen LogP contribution < -0.4 is 5.32 Å². The Morgan fingerprint density at radius 3 is 2.81 bits per heavy atom. The third-order valence-corrected chi connectivity index (χ3v) is 4.90. The maximum Gasteiger partial charge on any atom is 0.206 e. The predicted octanol–water partition coefficient (Wildman–Crippen LogP) is 2.26. The summed E-state index contributed by atoms with van der Waals surface area (Å²) in [4.78, 5) is 7.12. The lowest BCUT2D eigenvalue weighted by atomic mass is 10.1. The van der Waals surface area contributed by atoms with Crippen LogP contribution in [0.2, 0.25) is 0 Å². The molecule has 1 aromatic carbocycles. The van der Waals surface area contributed by atoms with Crippen LogP contribution in [0.4, 0.5) is 5.95 Å². The van der Waals surface area contributed by atoms with Crippen LogP contribution in [-0.2, 0) is 16.2 Å². The Morgan fingerprint density at radius 2 is 2.08 bits per heavy atom. The first-order valence-corrected chi connectivity index (χ1v) is 9.49. The van der Waals surface area contributed by atoms with Crippen molar-refractivity contribution in [2.45, 2.75) is 45.7 Å². The second kappa shape index (κ2) is 9.32. The van der Waals surface area contributed by atoms with Crippen molar-refractivity contribution in [2.75, 3.05) is 38.2 Å². The molecule has 1 aromatic heterocycles. The summed E-state index contributed by atoms with van der Waals surface area (Å²) in [5, 5.41) is 12.6. The van der Waals surface area contributed by atoms with Gasteiger partial charge in [0, 0.05) is 25.7 Å². The average Bonchev–Trinajstić information content (AvgIpc) is 3.00. The molecule has 7 heteroatoms. The van der Waals surface area contributed by atoms with Gasteiger partial charge in [-0.05, 0) is 38.8 Å². The molecular weight excluding hydrogens is 332 g/mol. The minimum Gasteiger partial charge on any atom is -0.394 e. The van der Waals surface area contributed by atoms with Crippen LogP contribution in [0.5, 0.6) is 0 Å². The number of para-hydroxylation sites is 2. The Bertz CT molecular complexity index is 682. The van der Waals surface area contributed by atoms with Gasteiger partial charge in [-0.3, -0.25) is 9.47 Å². The lowest BCUT2D eigenvalue weighted by Crippen LogP contribution is -2.44. The van der Waals surface area contributed by atoms with Crippen molar-refractivity contribution in [2.24, 2.45) is 0 Å². The molecule has 7 nitrogen and oxygen atoms in total. The molecule has 0 bridgehead atoms. The quantitative estimate of drug-likeness (QED) is 0.667. The summed E-state index contributed by atoms with van der Waals surface area (Å²) >= 11 is 0. The zero-order valence-corrected chi connectivity index (χ0v) is 15.7. The SMILES string of the molecule is CCOC(C)N1CCC(Nc2nc3ccccc3n2COCCO)CC1. The maximum atomic E-state index is 8.97. The number of nitrogens with one attached hydrogen (secondary N) is 1. The first kappa shape index (κ1) is 19.1. The molecule has 0 aliphatic carbocycles. The molecule has 0 saturated carbocycles. The highest BCUT2D eigenvalue weighted by Gasteiger charge is 2.24. The molecule has 1 fully saturated rings. The van der Waals surface area contributed by atoms with Gasteiger partial charge in [-0.15, -0.1) is 0 Å². The van der Waals surface area contributed by atoms with Gasteiger partial charge in [-0.1, -0.05) is 12.1 Å². The summed E-state index contributed by atoms with van der Waals surface area (Å²) in [5.74, 6) is 0.834. The summed E-state index contributed by atoms with van der Waals surface area (Å²) < 4.78 is 13.3. The predicted molar refractivity (Wildman–Crippen MR) is 102 cm³/mol. The van der Waals surface area contributed by atoms with Crippen molar-refractivity contribution >= 4 is 17.0 Å². The standard InChI is InChI=1S/C19H30N4O3/c1-3-26-15(2)22-10-8-16(9-11-22)20-19-21-17-6-4-5-7-18(17)23(19)14-25-13-12-24/h4-7,15-16,24H,3,8-14H2,1-2H3,(H,20,21). The number of rotatable bonds is 9. The zero-order valence-electron chi connectivity index (χ0n) is 15.7. The fourth-order valence-electron chi connectivity index (χ4n) is 3.47. The van der Waals surface area contributed by atoms with Gasteiger partial charge in [0.15, 0.2) is 0 Å². The maximum absolute atomic E-state index is 8.97. The van der Waals surface area contributed by atoms with Gasteiger partial charge in [0.2, 0.25) is 5.95 Å². The second-order valence-corrected chi connectivity index (χ2v) is 6.62. The normalized spacial score (nSPS) is 17.7. The van der Waals surface area contributed by atoms with Crippen LogP contribution in [0.1, 0.15) is 26.7 Å². The molecule has 1 atom stereocenters. The highest BCUT2D eigenvalue weighted by Crippen LogP contribution is 2.23. The molecule has 1 unspecified atom stereocenters. The first-order chi connectivity index (χ1) is 12.7. The molecule has 3 rings (SSSR count). The molecule has 0 amide bonds.